The van der Waals surface area contributed by atoms with E-state index in [1.807, 2.05) is 52.0 Å². The van der Waals surface area contributed by atoms with E-state index in [1.54, 1.807) is 12.1 Å². The van der Waals surface area contributed by atoms with E-state index in [0.29, 0.717) is 38.3 Å². The third kappa shape index (κ3) is 8.87. The summed E-state index contributed by atoms with van der Waals surface area (Å²) in [7, 11) is 0. The molecule has 4 rings (SSSR count). The second-order valence-corrected chi connectivity index (χ2v) is 12.4. The summed E-state index contributed by atoms with van der Waals surface area (Å²) in [5, 5.41) is 9.44. The molecule has 0 radical (unpaired) electrons. The number of rotatable bonds is 3. The van der Waals surface area contributed by atoms with Gasteiger partial charge in [0.15, 0.2) is 5.78 Å². The number of hydrogen-bond donors (Lipinski definition) is 3. The number of halogens is 1. The van der Waals surface area contributed by atoms with Crippen LogP contribution >= 0.6 is 0 Å². The Balaban J connectivity index is 1.54. The van der Waals surface area contributed by atoms with Crippen molar-refractivity contribution in [3.05, 3.63) is 65.5 Å². The smallest absolute Gasteiger partial charge is 0.242 e. The van der Waals surface area contributed by atoms with Crippen LogP contribution in [-0.2, 0) is 27.2 Å². The highest BCUT2D eigenvalue weighted by atomic mass is 19.1. The molecule has 0 saturated heterocycles. The molecule has 1 aliphatic heterocycles. The number of carbonyl (C=O) groups excluding carboxylic acids is 3. The summed E-state index contributed by atoms with van der Waals surface area (Å²) in [6.45, 7) is 8.84. The lowest BCUT2D eigenvalue weighted by Gasteiger charge is -2.28. The van der Waals surface area contributed by atoms with Gasteiger partial charge in [-0.1, -0.05) is 51.1 Å². The highest BCUT2D eigenvalue weighted by Crippen LogP contribution is 2.35. The van der Waals surface area contributed by atoms with Gasteiger partial charge in [-0.15, -0.1) is 0 Å². The largest absolute Gasteiger partial charge is 0.489 e. The number of hydrogen-bond acceptors (Lipinski definition) is 5. The van der Waals surface area contributed by atoms with E-state index in [-0.39, 0.29) is 59.7 Å². The van der Waals surface area contributed by atoms with Crippen LogP contribution in [0.2, 0.25) is 0 Å². The van der Waals surface area contributed by atoms with Crippen LogP contribution < -0.4 is 20.7 Å². The topological polar surface area (TPSA) is 96.5 Å². The molecule has 1 aliphatic carbocycles. The van der Waals surface area contributed by atoms with Crippen LogP contribution in [0.3, 0.4) is 0 Å². The standard InChI is InChI=1S/C34H46FN3O4/c1-21-18-22(2)33(40)38-29(19-25-11-15-28(35)16-12-25)34(41)36-17-7-9-26-8-5-6-10-30(26)42-23(3)20-37-31(27-13-14-27)32(39)24(21)4/h5-6,8,10-12,15-16,21-24,27,29,31,37H,7,9,13-14,17-20H2,1-4H3,(H,36,41)(H,38,40). The number of benzene rings is 2. The summed E-state index contributed by atoms with van der Waals surface area (Å²) in [5.74, 6) is -0.147. The number of para-hydroxylation sites is 1. The first kappa shape index (κ1) is 31.7. The molecule has 3 N–H and O–H groups in total. The second kappa shape index (κ2) is 14.8. The molecule has 6 unspecified atom stereocenters. The van der Waals surface area contributed by atoms with Crippen molar-refractivity contribution >= 4 is 17.6 Å². The molecule has 0 bridgehead atoms. The molecule has 0 aromatic heterocycles. The minimum Gasteiger partial charge on any atom is -0.489 e. The molecule has 1 fully saturated rings. The van der Waals surface area contributed by atoms with Gasteiger partial charge in [0.05, 0.1) is 6.04 Å². The summed E-state index contributed by atoms with van der Waals surface area (Å²) in [4.78, 5) is 40.3. The van der Waals surface area contributed by atoms with Crippen LogP contribution in [0.25, 0.3) is 0 Å². The van der Waals surface area contributed by atoms with Crippen molar-refractivity contribution in [3.63, 3.8) is 0 Å². The van der Waals surface area contributed by atoms with Crippen LogP contribution in [0.4, 0.5) is 4.39 Å². The Labute approximate surface area is 249 Å². The highest BCUT2D eigenvalue weighted by Gasteiger charge is 2.39. The maximum absolute atomic E-state index is 13.6. The Morgan fingerprint density at radius 1 is 0.929 bits per heavy atom. The molecule has 1 saturated carbocycles. The van der Waals surface area contributed by atoms with Gasteiger partial charge in [-0.2, -0.15) is 0 Å². The zero-order valence-electron chi connectivity index (χ0n) is 25.3. The van der Waals surface area contributed by atoms with Crippen molar-refractivity contribution in [1.29, 1.82) is 0 Å². The molecule has 6 atom stereocenters. The van der Waals surface area contributed by atoms with Crippen LogP contribution in [0.1, 0.15) is 64.5 Å². The summed E-state index contributed by atoms with van der Waals surface area (Å²) in [6.07, 6.45) is 4.13. The monoisotopic (exact) mass is 579 g/mol. The molecule has 228 valence electrons. The maximum atomic E-state index is 13.6. The number of nitrogens with one attached hydrogen (secondary N) is 3. The average molecular weight is 580 g/mol. The van der Waals surface area contributed by atoms with Gasteiger partial charge < -0.3 is 20.7 Å². The number of carbonyl (C=O) groups is 3. The molecule has 2 amide bonds. The van der Waals surface area contributed by atoms with Crippen molar-refractivity contribution in [3.8, 4) is 5.75 Å². The van der Waals surface area contributed by atoms with Crippen LogP contribution in [0.15, 0.2) is 48.5 Å². The molecule has 2 aromatic carbocycles. The predicted molar refractivity (Wildman–Crippen MR) is 162 cm³/mol. The Morgan fingerprint density at radius 3 is 2.36 bits per heavy atom. The van der Waals surface area contributed by atoms with Crippen molar-refractivity contribution < 1.29 is 23.5 Å². The molecule has 2 aliphatic rings. The Morgan fingerprint density at radius 2 is 1.64 bits per heavy atom. The lowest BCUT2D eigenvalue weighted by molar-refractivity contribution is -0.131. The lowest BCUT2D eigenvalue weighted by Crippen LogP contribution is -2.50. The number of fused-ring (bicyclic) bond motifs is 1. The van der Waals surface area contributed by atoms with Gasteiger partial charge in [0, 0.05) is 31.3 Å². The minimum atomic E-state index is -0.801. The third-order valence-corrected chi connectivity index (χ3v) is 8.71. The summed E-state index contributed by atoms with van der Waals surface area (Å²) < 4.78 is 19.8. The Kier molecular flexibility index (Phi) is 11.1. The van der Waals surface area contributed by atoms with Crippen molar-refractivity contribution in [2.45, 2.75) is 84.4 Å². The Hall–Kier alpha value is -3.26. The molecule has 42 heavy (non-hydrogen) atoms. The first-order valence-corrected chi connectivity index (χ1v) is 15.5. The van der Waals surface area contributed by atoms with Gasteiger partial charge in [-0.05, 0) is 80.2 Å². The first-order chi connectivity index (χ1) is 20.1. The number of amides is 2. The fourth-order valence-corrected chi connectivity index (χ4v) is 5.73. The fraction of sp³-hybridized carbons (Fsp3) is 0.559. The van der Waals surface area contributed by atoms with Crippen LogP contribution in [-0.4, -0.2) is 48.9 Å². The van der Waals surface area contributed by atoms with Crippen LogP contribution in [0.5, 0.6) is 5.75 Å². The van der Waals surface area contributed by atoms with E-state index in [9.17, 15) is 18.8 Å². The molecule has 2 aromatic rings. The van der Waals surface area contributed by atoms with Gasteiger partial charge in [-0.25, -0.2) is 4.39 Å². The molecular weight excluding hydrogens is 533 g/mol. The SMILES string of the molecule is CC1CNC(C2CC2)C(=O)C(C)C(C)CC(C)C(=O)NC(Cc2ccc(F)cc2)C(=O)NCCCc2ccccc2O1. The van der Waals surface area contributed by atoms with Crippen LogP contribution in [0, 0.1) is 29.5 Å². The number of aryl methyl sites for hydroxylation is 1. The first-order valence-electron chi connectivity index (χ1n) is 15.5. The quantitative estimate of drug-likeness (QED) is 0.493. The zero-order chi connectivity index (χ0) is 30.2. The van der Waals surface area contributed by atoms with Crippen molar-refractivity contribution in [2.24, 2.45) is 23.7 Å². The normalized spacial score (nSPS) is 29.0. The van der Waals surface area contributed by atoms with E-state index in [2.05, 4.69) is 16.0 Å². The van der Waals surface area contributed by atoms with Gasteiger partial charge in [0.1, 0.15) is 23.7 Å². The predicted octanol–water partition coefficient (Wildman–Crippen LogP) is 4.62. The zero-order valence-corrected chi connectivity index (χ0v) is 25.3. The second-order valence-electron chi connectivity index (χ2n) is 12.4. The van der Waals surface area contributed by atoms with Gasteiger partial charge in [-0.3, -0.25) is 14.4 Å². The van der Waals surface area contributed by atoms with Gasteiger partial charge >= 0.3 is 0 Å². The number of ether oxygens (including phenoxy) is 1. The van der Waals surface area contributed by atoms with Gasteiger partial charge in [0.25, 0.3) is 0 Å². The fourth-order valence-electron chi connectivity index (χ4n) is 5.73. The number of ketones is 1. The third-order valence-electron chi connectivity index (χ3n) is 8.71. The maximum Gasteiger partial charge on any atom is 0.242 e. The summed E-state index contributed by atoms with van der Waals surface area (Å²) >= 11 is 0. The molecule has 1 heterocycles. The van der Waals surface area contributed by atoms with Crippen molar-refractivity contribution in [2.75, 3.05) is 13.1 Å². The van der Waals surface area contributed by atoms with E-state index in [1.165, 1.54) is 12.1 Å². The number of Topliss-reactive ketones (excluding diaryl/α,β-unsaturated/α-hetero) is 1. The summed E-state index contributed by atoms with van der Waals surface area (Å²) in [5.41, 5.74) is 1.81. The van der Waals surface area contributed by atoms with Crippen molar-refractivity contribution in [1.82, 2.24) is 16.0 Å². The van der Waals surface area contributed by atoms with Gasteiger partial charge in [0.2, 0.25) is 11.8 Å². The molecule has 0 spiro atoms. The minimum absolute atomic E-state index is 0.0168. The van der Waals surface area contributed by atoms with E-state index in [0.717, 1.165) is 29.7 Å². The molecule has 8 heteroatoms. The van der Waals surface area contributed by atoms with E-state index in [4.69, 9.17) is 4.74 Å². The lowest BCUT2D eigenvalue weighted by atomic mass is 9.81. The van der Waals surface area contributed by atoms with E-state index < -0.39 is 6.04 Å². The highest BCUT2D eigenvalue weighted by molar-refractivity contribution is 5.89. The van der Waals surface area contributed by atoms with E-state index >= 15 is 0 Å². The summed E-state index contributed by atoms with van der Waals surface area (Å²) in [6, 6.07) is 12.9. The molecular formula is C34H46FN3O4. The average Bonchev–Trinajstić information content (AvgIpc) is 3.81. The Bertz CT molecular complexity index is 1220. The molecule has 7 nitrogen and oxygen atoms in total.